The van der Waals surface area contributed by atoms with E-state index in [4.69, 9.17) is 61.6 Å². The molecule has 0 aromatic heterocycles. The maximum Gasteiger partial charge on any atom is 0.309 e. The number of esters is 3. The first kappa shape index (κ1) is 67.8. The summed E-state index contributed by atoms with van der Waals surface area (Å²) in [7, 11) is 0. The van der Waals surface area contributed by atoms with Gasteiger partial charge in [0.25, 0.3) is 0 Å². The molecule has 0 spiro atoms. The third-order valence-corrected chi connectivity index (χ3v) is 16.7. The number of aliphatic hydroxyl groups is 9. The molecule has 25 nitrogen and oxygen atoms in total. The van der Waals surface area contributed by atoms with Crippen LogP contribution in [0.4, 0.5) is 0 Å². The number of carbonyl (C=O) groups is 3. The van der Waals surface area contributed by atoms with Crippen LogP contribution in [0.5, 0.6) is 0 Å². The number of hydrogen-bond acceptors (Lipinski definition) is 25. The van der Waals surface area contributed by atoms with Gasteiger partial charge in [-0.2, -0.15) is 0 Å². The normalized spacial score (nSPS) is 44.2. The maximum atomic E-state index is 14.1. The van der Waals surface area contributed by atoms with E-state index < -0.39 is 190 Å². The lowest BCUT2D eigenvalue weighted by atomic mass is 9.95. The summed E-state index contributed by atoms with van der Waals surface area (Å²) in [6.45, 7) is 14.1. The van der Waals surface area contributed by atoms with E-state index in [0.717, 1.165) is 57.8 Å². The fourth-order valence-corrected chi connectivity index (χ4v) is 11.0. The monoisotopic (exact) mass is 1170 g/mol. The zero-order chi connectivity index (χ0) is 59.4. The van der Waals surface area contributed by atoms with Crippen LogP contribution in [0.2, 0.25) is 0 Å². The average Bonchev–Trinajstić information content (AvgIpc) is 3.55. The van der Waals surface area contributed by atoms with Crippen LogP contribution in [0.15, 0.2) is 0 Å². The minimum atomic E-state index is -2.02. The Bertz CT molecular complexity index is 1900. The lowest BCUT2D eigenvalue weighted by Crippen LogP contribution is -2.68. The van der Waals surface area contributed by atoms with Gasteiger partial charge in [-0.05, 0) is 59.8 Å². The molecular weight excluding hydrogens is 1070 g/mol. The molecule has 9 N–H and O–H groups in total. The van der Waals surface area contributed by atoms with Crippen molar-refractivity contribution in [2.24, 2.45) is 11.8 Å². The molecule has 0 saturated carbocycles. The third-order valence-electron chi connectivity index (χ3n) is 16.7. The van der Waals surface area contributed by atoms with Gasteiger partial charge in [0.1, 0.15) is 79.4 Å². The van der Waals surface area contributed by atoms with E-state index in [-0.39, 0.29) is 18.9 Å². The molecule has 2 bridgehead atoms. The van der Waals surface area contributed by atoms with Crippen LogP contribution in [-0.4, -0.2) is 230 Å². The summed E-state index contributed by atoms with van der Waals surface area (Å²) in [4.78, 5) is 40.9. The Morgan fingerprint density at radius 1 is 0.506 bits per heavy atom. The quantitative estimate of drug-likeness (QED) is 0.0565. The van der Waals surface area contributed by atoms with E-state index in [0.29, 0.717) is 25.7 Å². The Kier molecular flexibility index (Phi) is 26.7. The molecule has 81 heavy (non-hydrogen) atoms. The minimum Gasteiger partial charge on any atom is -0.457 e. The van der Waals surface area contributed by atoms with Crippen molar-refractivity contribution < 1.29 is 122 Å². The van der Waals surface area contributed by atoms with E-state index >= 15 is 0 Å². The first-order valence-electron chi connectivity index (χ1n) is 29.8. The molecule has 0 aromatic rings. The SMILES string of the molecule is CCCCC[C@H]1CCCCCCCCCC(=O)O[C@H]2[C@@H](O)[C@H](O[C@H]3[C@H](O1)O[C@H](C)[C@H](O)[C@@H]3O)O[C@@H](C)[C@@H]2O[C@@H]1O[C@@H](C)[C@H](O[C@@H]2O[C@@H](C)[C@H](OC(=O)[C@@H](C)CC)[C@@H](O)[C@H]2O)[C@@H](O[C@@H]2O[C@H](CO)[C@@H](O)[C@H](O)[C@H]2O)[C@H]1OC(=O)[C@@H](C)CC. The second-order valence-electron chi connectivity index (χ2n) is 23.0. The van der Waals surface area contributed by atoms with Gasteiger partial charge in [-0.15, -0.1) is 0 Å². The Hall–Kier alpha value is -2.35. The van der Waals surface area contributed by atoms with Gasteiger partial charge in [-0.1, -0.05) is 92.4 Å². The van der Waals surface area contributed by atoms with Crippen molar-refractivity contribution in [3.05, 3.63) is 0 Å². The van der Waals surface area contributed by atoms with Crippen LogP contribution in [0, 0.1) is 11.8 Å². The largest absolute Gasteiger partial charge is 0.457 e. The number of fused-ring (bicyclic) bond motifs is 3. The van der Waals surface area contributed by atoms with Crippen molar-refractivity contribution in [3.8, 4) is 0 Å². The summed E-state index contributed by atoms with van der Waals surface area (Å²) in [5.74, 6) is -3.50. The van der Waals surface area contributed by atoms with Crippen molar-refractivity contribution >= 4 is 17.9 Å². The summed E-state index contributed by atoms with van der Waals surface area (Å²) >= 11 is 0. The zero-order valence-corrected chi connectivity index (χ0v) is 48.5. The van der Waals surface area contributed by atoms with Crippen molar-refractivity contribution in [3.63, 3.8) is 0 Å². The van der Waals surface area contributed by atoms with E-state index in [2.05, 4.69) is 6.92 Å². The number of hydrogen-bond donors (Lipinski definition) is 9. The van der Waals surface area contributed by atoms with E-state index in [1.165, 1.54) is 20.8 Å². The molecule has 0 unspecified atom stereocenters. The highest BCUT2D eigenvalue weighted by atomic mass is 16.8. The Morgan fingerprint density at radius 3 is 1.69 bits per heavy atom. The molecule has 6 saturated heterocycles. The molecule has 6 aliphatic rings. The molecule has 28 atom stereocenters. The summed E-state index contributed by atoms with van der Waals surface area (Å²) in [6, 6.07) is 0. The molecular formula is C56H96O25. The molecule has 0 aromatic carbocycles. The fourth-order valence-electron chi connectivity index (χ4n) is 11.0. The van der Waals surface area contributed by atoms with Crippen molar-refractivity contribution in [1.29, 1.82) is 0 Å². The number of ether oxygens (including phenoxy) is 13. The topological polar surface area (TPSA) is 353 Å². The van der Waals surface area contributed by atoms with Crippen LogP contribution in [-0.2, 0) is 76.0 Å². The summed E-state index contributed by atoms with van der Waals surface area (Å²) in [6.07, 6.45) is -29.3. The maximum absolute atomic E-state index is 14.1. The molecule has 6 fully saturated rings. The first-order chi connectivity index (χ1) is 38.5. The van der Waals surface area contributed by atoms with Gasteiger partial charge in [0.2, 0.25) is 0 Å². The van der Waals surface area contributed by atoms with Crippen molar-refractivity contribution in [2.75, 3.05) is 6.61 Å². The van der Waals surface area contributed by atoms with Gasteiger partial charge >= 0.3 is 17.9 Å². The molecule has 0 aliphatic carbocycles. The van der Waals surface area contributed by atoms with Crippen molar-refractivity contribution in [1.82, 2.24) is 0 Å². The van der Waals surface area contributed by atoms with E-state index in [1.54, 1.807) is 34.6 Å². The number of rotatable bonds is 17. The van der Waals surface area contributed by atoms with Crippen LogP contribution >= 0.6 is 0 Å². The second kappa shape index (κ2) is 31.9. The van der Waals surface area contributed by atoms with Gasteiger partial charge in [-0.3, -0.25) is 14.4 Å². The van der Waals surface area contributed by atoms with Gasteiger partial charge in [0.15, 0.2) is 49.8 Å². The summed E-state index contributed by atoms with van der Waals surface area (Å²) in [5.41, 5.74) is 0. The third kappa shape index (κ3) is 17.2. The van der Waals surface area contributed by atoms with Crippen LogP contribution in [0.25, 0.3) is 0 Å². The predicted octanol–water partition coefficient (Wildman–Crippen LogP) is 1.43. The highest BCUT2D eigenvalue weighted by Gasteiger charge is 2.59. The zero-order valence-electron chi connectivity index (χ0n) is 48.5. The molecule has 0 amide bonds. The number of carbonyl (C=O) groups excluding carboxylic acids is 3. The van der Waals surface area contributed by atoms with Crippen LogP contribution in [0.1, 0.15) is 159 Å². The Morgan fingerprint density at radius 2 is 1.05 bits per heavy atom. The molecule has 6 heterocycles. The first-order valence-corrected chi connectivity index (χ1v) is 29.8. The van der Waals surface area contributed by atoms with E-state index in [9.17, 15) is 60.3 Å². The van der Waals surface area contributed by atoms with Gasteiger partial charge in [0, 0.05) is 6.42 Å². The van der Waals surface area contributed by atoms with Gasteiger partial charge in [0.05, 0.1) is 49.0 Å². The number of unbranched alkanes of at least 4 members (excludes halogenated alkanes) is 2. The fraction of sp³-hybridized carbons (Fsp3) is 0.946. The molecule has 25 heteroatoms. The average molecular weight is 1170 g/mol. The standard InChI is InChI=1S/C56H96O25/c1-10-13-19-22-32-23-20-17-15-14-16-18-21-24-34(58)75-46-42(66)54(80-47-38(62)35(59)28(6)69-55(47)73-32)71-30(8)44(46)79-56-49(77-51(68)27(5)12-3)48(81-53-40(64)37(61)36(60)33(25-57)74-53)45(31(9)72-56)78-52-41(65)39(63)43(29(7)70-52)76-50(67)26(4)11-2/h26-33,35-49,52-57,59-66H,10-25H2,1-9H3/t26-,27-,28+,29-,30-,31-,32-,33+,35-,36+,37-,38-,39-,40+,41+,42+,43-,44-,45-,46-,47+,48+,49+,52-,53-,54-,55-,56-/m0/s1. The van der Waals surface area contributed by atoms with E-state index in [1.807, 2.05) is 0 Å². The highest BCUT2D eigenvalue weighted by Crippen LogP contribution is 2.39. The van der Waals surface area contributed by atoms with Gasteiger partial charge < -0.3 is 108 Å². The smallest absolute Gasteiger partial charge is 0.309 e. The Labute approximate surface area is 475 Å². The molecule has 470 valence electrons. The second-order valence-corrected chi connectivity index (χ2v) is 23.0. The van der Waals surface area contributed by atoms with Crippen LogP contribution < -0.4 is 0 Å². The predicted molar refractivity (Wildman–Crippen MR) is 280 cm³/mol. The summed E-state index contributed by atoms with van der Waals surface area (Å²) < 4.78 is 81.4. The number of aliphatic hydroxyl groups excluding tert-OH is 9. The molecule has 6 rings (SSSR count). The lowest BCUT2D eigenvalue weighted by molar-refractivity contribution is -0.400. The highest BCUT2D eigenvalue weighted by molar-refractivity contribution is 5.72. The molecule has 6 aliphatic heterocycles. The van der Waals surface area contributed by atoms with Crippen LogP contribution in [0.3, 0.4) is 0 Å². The van der Waals surface area contributed by atoms with Gasteiger partial charge in [-0.25, -0.2) is 0 Å². The Balaban J connectivity index is 1.37. The minimum absolute atomic E-state index is 0.0467. The summed E-state index contributed by atoms with van der Waals surface area (Å²) in [5, 5.41) is 101. The molecule has 0 radical (unpaired) electrons. The lowest BCUT2D eigenvalue weighted by Gasteiger charge is -2.51. The van der Waals surface area contributed by atoms with Crippen molar-refractivity contribution in [2.45, 2.75) is 318 Å².